The van der Waals surface area contributed by atoms with Gasteiger partial charge in [0.05, 0.1) is 12.6 Å². The number of aliphatic hydroxyl groups is 1. The van der Waals surface area contributed by atoms with Gasteiger partial charge < -0.3 is 41.7 Å². The van der Waals surface area contributed by atoms with E-state index in [0.29, 0.717) is 38.8 Å². The third kappa shape index (κ3) is 13.0. The lowest BCUT2D eigenvalue weighted by Gasteiger charge is -2.43. The van der Waals surface area contributed by atoms with Crippen LogP contribution in [0.2, 0.25) is 0 Å². The summed E-state index contributed by atoms with van der Waals surface area (Å²) < 4.78 is 5.32. The maximum absolute atomic E-state index is 14.9. The quantitative estimate of drug-likeness (QED) is 0.0789. The summed E-state index contributed by atoms with van der Waals surface area (Å²) in [4.78, 5) is 84.4. The topological polar surface area (TPSA) is 212 Å². The molecule has 0 aromatic carbocycles. The molecule has 55 heavy (non-hydrogen) atoms. The molecule has 0 radical (unpaired) electrons. The van der Waals surface area contributed by atoms with Crippen LogP contribution in [-0.2, 0) is 23.9 Å². The number of nitrogens with one attached hydrogen (secondary N) is 4. The highest BCUT2D eigenvalue weighted by molar-refractivity contribution is 6.38. The first-order valence-corrected chi connectivity index (χ1v) is 20.9. The zero-order valence-corrected chi connectivity index (χ0v) is 34.1. The fourth-order valence-corrected chi connectivity index (χ4v) is 7.98. The largest absolute Gasteiger partial charge is 0.444 e. The van der Waals surface area contributed by atoms with Crippen molar-refractivity contribution in [3.05, 3.63) is 0 Å². The Balaban J connectivity index is 1.58. The predicted molar refractivity (Wildman–Crippen MR) is 207 cm³/mol. The Kier molecular flexibility index (Phi) is 15.8. The maximum Gasteiger partial charge on any atom is 0.404 e. The molecule has 4 fully saturated rings. The average Bonchev–Trinajstić information content (AvgIpc) is 4.06. The van der Waals surface area contributed by atoms with E-state index in [1.165, 1.54) is 4.90 Å². The Labute approximate surface area is 327 Å². The van der Waals surface area contributed by atoms with Gasteiger partial charge in [0.15, 0.2) is 0 Å². The lowest BCUT2D eigenvalue weighted by molar-refractivity contribution is -0.144. The van der Waals surface area contributed by atoms with Gasteiger partial charge in [-0.25, -0.2) is 9.59 Å². The van der Waals surface area contributed by atoms with Crippen LogP contribution in [0.15, 0.2) is 0 Å². The lowest BCUT2D eigenvalue weighted by atomic mass is 9.70. The zero-order chi connectivity index (χ0) is 40.5. The van der Waals surface area contributed by atoms with Crippen molar-refractivity contribution in [2.45, 2.75) is 180 Å². The van der Waals surface area contributed by atoms with Crippen LogP contribution in [0.3, 0.4) is 0 Å². The minimum absolute atomic E-state index is 0.0301. The van der Waals surface area contributed by atoms with Crippen molar-refractivity contribution in [2.75, 3.05) is 19.6 Å². The number of unbranched alkanes of at least 4 members (excludes halogenated alkanes) is 1. The standard InChI is InChI=1S/C40H69N7O8/c1-7-9-20-46(31(48)13-8-2)24-30(39(3,4)5)44-38(54)45-33(40(6)18-11-10-12-19-40)36(52)47-23-27(55-37(41)53)22-29(47)34(50)43-28(21-25-14-15-25)32(49)35(51)42-26-16-17-26/h25-31,33,48H,7-24H2,1-6H3,(H2,41,53)(H,42,51)(H,43,50)(H2,44,45,54)/t27-,28?,29+,30?,31?,33-/m1/s1. The summed E-state index contributed by atoms with van der Waals surface area (Å²) in [5.41, 5.74) is 4.33. The van der Waals surface area contributed by atoms with Crippen LogP contribution in [-0.4, -0.2) is 113 Å². The Morgan fingerprint density at radius 1 is 0.964 bits per heavy atom. The van der Waals surface area contributed by atoms with Crippen LogP contribution in [0.4, 0.5) is 9.59 Å². The van der Waals surface area contributed by atoms with Gasteiger partial charge in [0.1, 0.15) is 24.4 Å². The van der Waals surface area contributed by atoms with E-state index in [4.69, 9.17) is 10.5 Å². The Bertz CT molecular complexity index is 1360. The number of hydrogen-bond acceptors (Lipinski definition) is 9. The number of aliphatic hydroxyl groups excluding tert-OH is 1. The molecule has 312 valence electrons. The minimum atomic E-state index is -1.15. The number of primary amides is 1. The van der Waals surface area contributed by atoms with E-state index in [1.54, 1.807) is 0 Å². The normalized spacial score (nSPS) is 23.2. The molecule has 6 atom stereocenters. The number of ether oxygens (including phenoxy) is 1. The number of nitrogens with zero attached hydrogens (tertiary/aromatic N) is 2. The van der Waals surface area contributed by atoms with Crippen molar-refractivity contribution in [3.8, 4) is 0 Å². The van der Waals surface area contributed by atoms with Crippen LogP contribution in [0, 0.1) is 16.7 Å². The summed E-state index contributed by atoms with van der Waals surface area (Å²) in [5, 5.41) is 22.7. The second-order valence-electron chi connectivity index (χ2n) is 18.0. The second-order valence-corrected chi connectivity index (χ2v) is 18.0. The van der Waals surface area contributed by atoms with Crippen LogP contribution >= 0.6 is 0 Å². The van der Waals surface area contributed by atoms with Gasteiger partial charge in [-0.1, -0.05) is 86.5 Å². The Hall–Kier alpha value is -3.46. The molecule has 7 N–H and O–H groups in total. The summed E-state index contributed by atoms with van der Waals surface area (Å²) in [5.74, 6) is -2.38. The third-order valence-electron chi connectivity index (χ3n) is 11.9. The van der Waals surface area contributed by atoms with Crippen LogP contribution in [0.5, 0.6) is 0 Å². The molecular formula is C40H69N7O8. The third-order valence-corrected chi connectivity index (χ3v) is 11.9. The predicted octanol–water partition coefficient (Wildman–Crippen LogP) is 3.46. The van der Waals surface area contributed by atoms with Gasteiger partial charge in [0, 0.05) is 31.6 Å². The number of amides is 6. The molecule has 3 unspecified atom stereocenters. The number of nitrogens with two attached hydrogens (primary N) is 1. The van der Waals surface area contributed by atoms with E-state index < -0.39 is 76.9 Å². The molecule has 15 nitrogen and oxygen atoms in total. The van der Waals surface area contributed by atoms with Gasteiger partial charge in [-0.3, -0.25) is 24.1 Å². The van der Waals surface area contributed by atoms with Crippen molar-refractivity contribution < 1.29 is 38.6 Å². The van der Waals surface area contributed by atoms with Crippen LogP contribution < -0.4 is 27.0 Å². The average molecular weight is 776 g/mol. The highest BCUT2D eigenvalue weighted by Gasteiger charge is 2.49. The van der Waals surface area contributed by atoms with Crippen LogP contribution in [0.25, 0.3) is 0 Å². The lowest BCUT2D eigenvalue weighted by Crippen LogP contribution is -2.63. The second kappa shape index (κ2) is 19.6. The number of hydrogen-bond donors (Lipinski definition) is 6. The maximum atomic E-state index is 14.9. The smallest absolute Gasteiger partial charge is 0.404 e. The summed E-state index contributed by atoms with van der Waals surface area (Å²) in [6.45, 7) is 13.1. The number of rotatable bonds is 20. The van der Waals surface area contributed by atoms with Crippen molar-refractivity contribution >= 4 is 35.6 Å². The molecular weight excluding hydrogens is 706 g/mol. The summed E-state index contributed by atoms with van der Waals surface area (Å²) >= 11 is 0. The monoisotopic (exact) mass is 776 g/mol. The molecule has 4 rings (SSSR count). The molecule has 3 saturated carbocycles. The molecule has 0 bridgehead atoms. The van der Waals surface area contributed by atoms with Crippen LogP contribution in [0.1, 0.15) is 138 Å². The first-order chi connectivity index (χ1) is 25.9. The Morgan fingerprint density at radius 3 is 2.20 bits per heavy atom. The highest BCUT2D eigenvalue weighted by Crippen LogP contribution is 2.40. The SMILES string of the molecule is CCCCN(CC(NC(=O)N[C@H](C(=O)N1C[C@H](OC(N)=O)C[C@H]1C(=O)NC(CC1CC1)C(=O)C(=O)NC1CC1)C1(C)CCCCC1)C(C)(C)C)C(O)CCC. The van der Waals surface area contributed by atoms with Crippen molar-refractivity contribution in [3.63, 3.8) is 0 Å². The molecule has 0 spiro atoms. The molecule has 6 amide bonds. The van der Waals surface area contributed by atoms with E-state index in [2.05, 4.69) is 28.2 Å². The molecule has 1 saturated heterocycles. The summed E-state index contributed by atoms with van der Waals surface area (Å²) in [7, 11) is 0. The number of ketones is 1. The number of urea groups is 1. The number of Topliss-reactive ketones (excluding diaryl/α,β-unsaturated/α-hetero) is 1. The van der Waals surface area contributed by atoms with E-state index >= 15 is 0 Å². The summed E-state index contributed by atoms with van der Waals surface area (Å²) in [6, 6.07) is -4.20. The Morgan fingerprint density at radius 2 is 1.64 bits per heavy atom. The van der Waals surface area contributed by atoms with E-state index in [9.17, 15) is 33.9 Å². The van der Waals surface area contributed by atoms with Gasteiger partial charge in [-0.15, -0.1) is 0 Å². The first-order valence-electron chi connectivity index (χ1n) is 20.9. The number of likely N-dealkylation sites (tertiary alicyclic amines) is 1. The van der Waals surface area contributed by atoms with Gasteiger partial charge in [0.2, 0.25) is 17.6 Å². The summed E-state index contributed by atoms with van der Waals surface area (Å²) in [6.07, 6.45) is 8.40. The minimum Gasteiger partial charge on any atom is -0.444 e. The van der Waals surface area contributed by atoms with Crippen molar-refractivity contribution in [1.29, 1.82) is 0 Å². The molecule has 0 aromatic rings. The fraction of sp³-hybridized carbons (Fsp3) is 0.850. The van der Waals surface area contributed by atoms with Gasteiger partial charge >= 0.3 is 12.1 Å². The number of carbonyl (C=O) groups excluding carboxylic acids is 6. The molecule has 15 heteroatoms. The zero-order valence-electron chi connectivity index (χ0n) is 34.1. The van der Waals surface area contributed by atoms with Gasteiger partial charge in [-0.05, 0) is 61.7 Å². The molecule has 3 aliphatic carbocycles. The molecule has 1 aliphatic heterocycles. The number of carbonyl (C=O) groups is 6. The van der Waals surface area contributed by atoms with E-state index in [1.807, 2.05) is 39.5 Å². The van der Waals surface area contributed by atoms with E-state index in [0.717, 1.165) is 64.2 Å². The van der Waals surface area contributed by atoms with Crippen molar-refractivity contribution in [1.82, 2.24) is 31.1 Å². The molecule has 0 aromatic heterocycles. The molecule has 4 aliphatic rings. The highest BCUT2D eigenvalue weighted by atomic mass is 16.6. The van der Waals surface area contributed by atoms with Gasteiger partial charge in [-0.2, -0.15) is 0 Å². The van der Waals surface area contributed by atoms with Crippen molar-refractivity contribution in [2.24, 2.45) is 22.5 Å². The molecule has 1 heterocycles. The van der Waals surface area contributed by atoms with E-state index in [-0.39, 0.29) is 31.0 Å². The fourth-order valence-electron chi connectivity index (χ4n) is 7.98. The van der Waals surface area contributed by atoms with Gasteiger partial charge in [0.25, 0.3) is 5.91 Å². The first kappa shape index (κ1) is 44.3.